The lowest BCUT2D eigenvalue weighted by Gasteiger charge is -2.28. The lowest BCUT2D eigenvalue weighted by molar-refractivity contribution is -0.137. The number of carboxylic acid groups (broad SMARTS) is 1. The van der Waals surface area contributed by atoms with Gasteiger partial charge in [-0.1, -0.05) is 13.8 Å². The maximum absolute atomic E-state index is 11.5. The smallest absolute Gasteiger partial charge is 0.303 e. The van der Waals surface area contributed by atoms with Gasteiger partial charge in [-0.05, 0) is 26.2 Å². The van der Waals surface area contributed by atoms with Crippen LogP contribution in [-0.2, 0) is 9.59 Å². The van der Waals surface area contributed by atoms with E-state index >= 15 is 0 Å². The van der Waals surface area contributed by atoms with Gasteiger partial charge < -0.3 is 10.4 Å². The molecule has 1 amide bonds. The molecule has 0 aromatic carbocycles. The molecule has 0 aliphatic heterocycles. The monoisotopic (exact) mass is 215 g/mol. The first-order chi connectivity index (χ1) is 6.93. The van der Waals surface area contributed by atoms with Gasteiger partial charge in [-0.15, -0.1) is 0 Å². The number of amides is 1. The van der Waals surface area contributed by atoms with Crippen LogP contribution in [-0.4, -0.2) is 22.5 Å². The minimum Gasteiger partial charge on any atom is -0.481 e. The highest BCUT2D eigenvalue weighted by Gasteiger charge is 2.21. The van der Waals surface area contributed by atoms with Gasteiger partial charge in [0.05, 0.1) is 0 Å². The van der Waals surface area contributed by atoms with Gasteiger partial charge in [0.15, 0.2) is 0 Å². The average molecular weight is 215 g/mol. The Kier molecular flexibility index (Phi) is 5.97. The third-order valence-electron chi connectivity index (χ3n) is 2.80. The first-order valence-corrected chi connectivity index (χ1v) is 5.46. The summed E-state index contributed by atoms with van der Waals surface area (Å²) in [6.45, 7) is 6.06. The van der Waals surface area contributed by atoms with Crippen molar-refractivity contribution in [2.45, 2.75) is 58.4 Å². The minimum absolute atomic E-state index is 0.0533. The Balaban J connectivity index is 3.87. The van der Waals surface area contributed by atoms with E-state index in [1.165, 1.54) is 0 Å². The number of carboxylic acids is 1. The lowest BCUT2D eigenvalue weighted by Crippen LogP contribution is -2.44. The van der Waals surface area contributed by atoms with Crippen LogP contribution >= 0.6 is 0 Å². The molecule has 0 aliphatic carbocycles. The van der Waals surface area contributed by atoms with Gasteiger partial charge in [0.1, 0.15) is 0 Å². The van der Waals surface area contributed by atoms with Crippen molar-refractivity contribution < 1.29 is 14.7 Å². The predicted molar refractivity (Wildman–Crippen MR) is 58.6 cm³/mol. The molecule has 0 rings (SSSR count). The van der Waals surface area contributed by atoms with Crippen LogP contribution < -0.4 is 5.32 Å². The van der Waals surface area contributed by atoms with Crippen LogP contribution in [0.5, 0.6) is 0 Å². The third kappa shape index (κ3) is 6.10. The van der Waals surface area contributed by atoms with Gasteiger partial charge >= 0.3 is 5.97 Å². The number of carbonyl (C=O) groups excluding carboxylic acids is 1. The van der Waals surface area contributed by atoms with Crippen LogP contribution in [0, 0.1) is 0 Å². The molecule has 4 heteroatoms. The van der Waals surface area contributed by atoms with Gasteiger partial charge in [-0.3, -0.25) is 9.59 Å². The zero-order valence-electron chi connectivity index (χ0n) is 9.80. The number of aliphatic carboxylic acids is 1. The Morgan fingerprint density at radius 3 is 2.13 bits per heavy atom. The normalized spacial score (nSPS) is 11.1. The molecule has 0 atom stereocenters. The number of nitrogens with one attached hydrogen (secondary N) is 1. The van der Waals surface area contributed by atoms with Gasteiger partial charge in [0, 0.05) is 18.4 Å². The molecule has 0 saturated heterocycles. The molecule has 0 spiro atoms. The number of hydrogen-bond donors (Lipinski definition) is 2. The Bertz CT molecular complexity index is 222. The summed E-state index contributed by atoms with van der Waals surface area (Å²) in [6, 6.07) is 0. The summed E-state index contributed by atoms with van der Waals surface area (Å²) in [7, 11) is 0. The van der Waals surface area contributed by atoms with E-state index in [4.69, 9.17) is 5.11 Å². The molecule has 88 valence electrons. The van der Waals surface area contributed by atoms with Crippen molar-refractivity contribution >= 4 is 11.9 Å². The fourth-order valence-electron chi connectivity index (χ4n) is 1.23. The van der Waals surface area contributed by atoms with Gasteiger partial charge in [-0.2, -0.15) is 0 Å². The highest BCUT2D eigenvalue weighted by atomic mass is 16.4. The molecule has 0 aliphatic rings. The summed E-state index contributed by atoms with van der Waals surface area (Å²) < 4.78 is 0. The van der Waals surface area contributed by atoms with E-state index in [1.54, 1.807) is 0 Å². The first kappa shape index (κ1) is 13.9. The molecule has 4 nitrogen and oxygen atoms in total. The summed E-state index contributed by atoms with van der Waals surface area (Å²) in [4.78, 5) is 21.7. The molecule has 15 heavy (non-hydrogen) atoms. The van der Waals surface area contributed by atoms with Crippen LogP contribution in [0.1, 0.15) is 52.9 Å². The zero-order valence-corrected chi connectivity index (χ0v) is 9.80. The zero-order chi connectivity index (χ0) is 11.9. The van der Waals surface area contributed by atoms with Crippen molar-refractivity contribution in [3.05, 3.63) is 0 Å². The summed E-state index contributed by atoms with van der Waals surface area (Å²) in [6.07, 6.45) is 2.53. The highest BCUT2D eigenvalue weighted by Crippen LogP contribution is 2.13. The molecule has 2 N–H and O–H groups in total. The topological polar surface area (TPSA) is 66.4 Å². The molecule has 0 radical (unpaired) electrons. The molecule has 0 saturated carbocycles. The van der Waals surface area contributed by atoms with Crippen molar-refractivity contribution in [2.24, 2.45) is 0 Å². The van der Waals surface area contributed by atoms with Gasteiger partial charge in [0.25, 0.3) is 0 Å². The van der Waals surface area contributed by atoms with Crippen LogP contribution in [0.4, 0.5) is 0 Å². The number of hydrogen-bond acceptors (Lipinski definition) is 2. The summed E-state index contributed by atoms with van der Waals surface area (Å²) >= 11 is 0. The summed E-state index contributed by atoms with van der Waals surface area (Å²) in [5.74, 6) is -0.904. The van der Waals surface area contributed by atoms with Crippen LogP contribution in [0.2, 0.25) is 0 Å². The Morgan fingerprint density at radius 1 is 1.20 bits per heavy atom. The fraction of sp³-hybridized carbons (Fsp3) is 0.818. The Hall–Kier alpha value is -1.06. The second-order valence-electron chi connectivity index (χ2n) is 4.06. The third-order valence-corrected chi connectivity index (χ3v) is 2.80. The second kappa shape index (κ2) is 6.43. The van der Waals surface area contributed by atoms with E-state index in [0.717, 1.165) is 12.8 Å². The highest BCUT2D eigenvalue weighted by molar-refractivity contribution is 5.77. The Labute approximate surface area is 91.1 Å². The number of rotatable bonds is 7. The molecule has 0 unspecified atom stereocenters. The molecular weight excluding hydrogens is 194 g/mol. The largest absolute Gasteiger partial charge is 0.481 e. The molecule has 0 aromatic rings. The van der Waals surface area contributed by atoms with E-state index < -0.39 is 5.97 Å². The molecular formula is C11H21NO3. The van der Waals surface area contributed by atoms with Crippen molar-refractivity contribution in [2.75, 3.05) is 0 Å². The molecule has 0 fully saturated rings. The van der Waals surface area contributed by atoms with Crippen molar-refractivity contribution in [1.29, 1.82) is 0 Å². The van der Waals surface area contributed by atoms with Gasteiger partial charge in [-0.25, -0.2) is 0 Å². The molecule has 0 aromatic heterocycles. The summed E-state index contributed by atoms with van der Waals surface area (Å²) in [5.41, 5.74) is -0.152. The fourth-order valence-corrected chi connectivity index (χ4v) is 1.23. The van der Waals surface area contributed by atoms with E-state index in [2.05, 4.69) is 5.32 Å². The van der Waals surface area contributed by atoms with E-state index in [-0.39, 0.29) is 17.9 Å². The maximum atomic E-state index is 11.5. The van der Waals surface area contributed by atoms with Crippen molar-refractivity contribution in [1.82, 2.24) is 5.32 Å². The molecule has 0 bridgehead atoms. The Morgan fingerprint density at radius 2 is 1.73 bits per heavy atom. The maximum Gasteiger partial charge on any atom is 0.303 e. The van der Waals surface area contributed by atoms with Crippen molar-refractivity contribution in [3.63, 3.8) is 0 Å². The van der Waals surface area contributed by atoms with Crippen LogP contribution in [0.15, 0.2) is 0 Å². The average Bonchev–Trinajstić information content (AvgIpc) is 2.17. The van der Waals surface area contributed by atoms with E-state index in [1.807, 2.05) is 20.8 Å². The number of carbonyl (C=O) groups is 2. The first-order valence-electron chi connectivity index (χ1n) is 5.46. The summed E-state index contributed by atoms with van der Waals surface area (Å²) in [5, 5.41) is 11.4. The van der Waals surface area contributed by atoms with Crippen molar-refractivity contribution in [3.8, 4) is 0 Å². The van der Waals surface area contributed by atoms with Gasteiger partial charge in [0.2, 0.25) is 5.91 Å². The quantitative estimate of drug-likeness (QED) is 0.682. The second-order valence-corrected chi connectivity index (χ2v) is 4.06. The SMILES string of the molecule is CCC(C)(CC)NC(=O)CCCC(=O)O. The minimum atomic E-state index is -0.850. The standard InChI is InChI=1S/C11H21NO3/c1-4-11(3,5-2)12-9(13)7-6-8-10(14)15/h4-8H2,1-3H3,(H,12,13)(H,14,15). The molecule has 0 heterocycles. The van der Waals surface area contributed by atoms with Crippen LogP contribution in [0.3, 0.4) is 0 Å². The predicted octanol–water partition coefficient (Wildman–Crippen LogP) is 1.94. The van der Waals surface area contributed by atoms with E-state index in [0.29, 0.717) is 12.8 Å². The van der Waals surface area contributed by atoms with Crippen LogP contribution in [0.25, 0.3) is 0 Å². The van der Waals surface area contributed by atoms with E-state index in [9.17, 15) is 9.59 Å². The lowest BCUT2D eigenvalue weighted by atomic mass is 9.95.